The standard InChI is InChI=1S/C20H38O2Si2/c1-19(2,3)24(9,10)22-18(13-17-23(6,7)8)12-15-20(4,5)14-11-16-21/h18,21H,12,15-16H2,1-10H3. The van der Waals surface area contributed by atoms with Gasteiger partial charge in [0.25, 0.3) is 0 Å². The van der Waals surface area contributed by atoms with Crippen molar-refractivity contribution in [3.05, 3.63) is 0 Å². The third-order valence-corrected chi connectivity index (χ3v) is 9.77. The Morgan fingerprint density at radius 2 is 1.54 bits per heavy atom. The van der Waals surface area contributed by atoms with Gasteiger partial charge in [0.1, 0.15) is 20.8 Å². The molecule has 0 aliphatic rings. The average molecular weight is 367 g/mol. The Morgan fingerprint density at radius 3 is 1.96 bits per heavy atom. The lowest BCUT2D eigenvalue weighted by atomic mass is 9.87. The van der Waals surface area contributed by atoms with Gasteiger partial charge in [0, 0.05) is 5.41 Å². The Labute approximate surface area is 152 Å². The Morgan fingerprint density at radius 1 is 1.00 bits per heavy atom. The van der Waals surface area contributed by atoms with Gasteiger partial charge < -0.3 is 9.53 Å². The summed E-state index contributed by atoms with van der Waals surface area (Å²) in [7, 11) is -3.27. The van der Waals surface area contributed by atoms with Gasteiger partial charge in [0.15, 0.2) is 8.32 Å². The van der Waals surface area contributed by atoms with Crippen LogP contribution in [-0.4, -0.2) is 34.2 Å². The van der Waals surface area contributed by atoms with Crippen molar-refractivity contribution in [2.45, 2.75) is 91.3 Å². The van der Waals surface area contributed by atoms with Crippen molar-refractivity contribution in [1.82, 2.24) is 0 Å². The second-order valence-corrected chi connectivity index (χ2v) is 19.3. The molecule has 0 aromatic heterocycles. The molecule has 0 bridgehead atoms. The quantitative estimate of drug-likeness (QED) is 0.544. The van der Waals surface area contributed by atoms with Crippen LogP contribution in [0.1, 0.15) is 47.5 Å². The molecule has 2 nitrogen and oxygen atoms in total. The van der Waals surface area contributed by atoms with Gasteiger partial charge in [-0.3, -0.25) is 0 Å². The molecule has 0 aliphatic heterocycles. The van der Waals surface area contributed by atoms with Crippen molar-refractivity contribution in [3.8, 4) is 23.3 Å². The first-order valence-electron chi connectivity index (χ1n) is 8.91. The lowest BCUT2D eigenvalue weighted by molar-refractivity contribution is 0.207. The highest BCUT2D eigenvalue weighted by Crippen LogP contribution is 2.38. The molecule has 24 heavy (non-hydrogen) atoms. The maximum Gasteiger partial charge on any atom is 0.193 e. The van der Waals surface area contributed by atoms with E-state index >= 15 is 0 Å². The molecule has 0 spiro atoms. The molecule has 0 aromatic carbocycles. The predicted octanol–water partition coefficient (Wildman–Crippen LogP) is 5.06. The molecule has 0 saturated heterocycles. The van der Waals surface area contributed by atoms with Crippen LogP contribution in [0.15, 0.2) is 0 Å². The maximum absolute atomic E-state index is 8.91. The van der Waals surface area contributed by atoms with Crippen LogP contribution in [-0.2, 0) is 4.43 Å². The first-order chi connectivity index (χ1) is 10.6. The number of aliphatic hydroxyl groups is 1. The Bertz CT molecular complexity index is 514. The molecule has 1 unspecified atom stereocenters. The van der Waals surface area contributed by atoms with Gasteiger partial charge in [-0.05, 0) is 44.8 Å². The fraction of sp³-hybridized carbons (Fsp3) is 0.800. The summed E-state index contributed by atoms with van der Waals surface area (Å²) in [5.74, 6) is 9.37. The van der Waals surface area contributed by atoms with E-state index in [0.29, 0.717) is 0 Å². The van der Waals surface area contributed by atoms with Crippen LogP contribution in [0.25, 0.3) is 0 Å². The summed E-state index contributed by atoms with van der Waals surface area (Å²) in [6, 6.07) is 0. The normalized spacial score (nSPS) is 14.3. The lowest BCUT2D eigenvalue weighted by Gasteiger charge is -2.38. The fourth-order valence-electron chi connectivity index (χ4n) is 1.82. The van der Waals surface area contributed by atoms with E-state index in [-0.39, 0.29) is 23.2 Å². The number of hydrogen-bond donors (Lipinski definition) is 1. The predicted molar refractivity (Wildman–Crippen MR) is 111 cm³/mol. The second-order valence-electron chi connectivity index (χ2n) is 9.77. The lowest BCUT2D eigenvalue weighted by Crippen LogP contribution is -2.44. The Balaban J connectivity index is 5.25. The summed E-state index contributed by atoms with van der Waals surface area (Å²) >= 11 is 0. The van der Waals surface area contributed by atoms with Crippen molar-refractivity contribution in [3.63, 3.8) is 0 Å². The topological polar surface area (TPSA) is 29.5 Å². The van der Waals surface area contributed by atoms with E-state index in [2.05, 4.69) is 90.7 Å². The highest BCUT2D eigenvalue weighted by molar-refractivity contribution is 6.83. The molecule has 0 rings (SSSR count). The monoisotopic (exact) mass is 366 g/mol. The van der Waals surface area contributed by atoms with Crippen molar-refractivity contribution < 1.29 is 9.53 Å². The van der Waals surface area contributed by atoms with Gasteiger partial charge in [-0.25, -0.2) is 0 Å². The molecular formula is C20H38O2Si2. The van der Waals surface area contributed by atoms with E-state index in [0.717, 1.165) is 12.8 Å². The van der Waals surface area contributed by atoms with E-state index in [1.165, 1.54) is 0 Å². The number of rotatable bonds is 5. The Hall–Kier alpha value is -0.526. The molecule has 0 aromatic rings. The molecule has 1 N–H and O–H groups in total. The molecule has 0 radical (unpaired) electrons. The summed E-state index contributed by atoms with van der Waals surface area (Å²) in [6.45, 7) is 22.3. The molecule has 0 heterocycles. The molecule has 0 fully saturated rings. The summed E-state index contributed by atoms with van der Waals surface area (Å²) < 4.78 is 6.59. The summed E-state index contributed by atoms with van der Waals surface area (Å²) in [6.07, 6.45) is 1.78. The van der Waals surface area contributed by atoms with E-state index in [1.807, 2.05) is 0 Å². The molecule has 0 amide bonds. The zero-order valence-electron chi connectivity index (χ0n) is 17.6. The van der Waals surface area contributed by atoms with Gasteiger partial charge in [-0.15, -0.1) is 5.54 Å². The van der Waals surface area contributed by atoms with Gasteiger partial charge in [-0.2, -0.15) is 0 Å². The van der Waals surface area contributed by atoms with Crippen LogP contribution in [0, 0.1) is 28.7 Å². The van der Waals surface area contributed by atoms with Crippen LogP contribution >= 0.6 is 0 Å². The first-order valence-corrected chi connectivity index (χ1v) is 15.3. The zero-order chi connectivity index (χ0) is 19.2. The Kier molecular flexibility index (Phi) is 8.53. The zero-order valence-corrected chi connectivity index (χ0v) is 19.6. The van der Waals surface area contributed by atoms with Gasteiger partial charge in [0.2, 0.25) is 0 Å². The fourth-order valence-corrected chi connectivity index (χ4v) is 3.66. The van der Waals surface area contributed by atoms with Crippen LogP contribution in [0.4, 0.5) is 0 Å². The molecule has 138 valence electrons. The largest absolute Gasteiger partial charge is 0.403 e. The molecular weight excluding hydrogens is 328 g/mol. The van der Waals surface area contributed by atoms with Crippen molar-refractivity contribution in [2.75, 3.05) is 6.61 Å². The van der Waals surface area contributed by atoms with Crippen LogP contribution in [0.3, 0.4) is 0 Å². The first kappa shape index (κ1) is 23.5. The van der Waals surface area contributed by atoms with Crippen molar-refractivity contribution >= 4 is 16.4 Å². The van der Waals surface area contributed by atoms with Crippen molar-refractivity contribution in [2.24, 2.45) is 5.41 Å². The number of hydrogen-bond acceptors (Lipinski definition) is 2. The van der Waals surface area contributed by atoms with Crippen molar-refractivity contribution in [1.29, 1.82) is 0 Å². The smallest absolute Gasteiger partial charge is 0.193 e. The summed E-state index contributed by atoms with van der Waals surface area (Å²) in [5.41, 5.74) is 3.36. The van der Waals surface area contributed by atoms with Crippen LogP contribution < -0.4 is 0 Å². The van der Waals surface area contributed by atoms with Crippen LogP contribution in [0.5, 0.6) is 0 Å². The van der Waals surface area contributed by atoms with Gasteiger partial charge >= 0.3 is 0 Å². The van der Waals surface area contributed by atoms with Crippen LogP contribution in [0.2, 0.25) is 37.8 Å². The number of aliphatic hydroxyl groups excluding tert-OH is 1. The highest BCUT2D eigenvalue weighted by atomic mass is 28.4. The molecule has 0 aliphatic carbocycles. The summed E-state index contributed by atoms with van der Waals surface area (Å²) in [5, 5.41) is 9.09. The molecule has 1 atom stereocenters. The minimum Gasteiger partial charge on any atom is -0.403 e. The van der Waals surface area contributed by atoms with E-state index in [1.54, 1.807) is 0 Å². The molecule has 0 saturated carbocycles. The summed E-state index contributed by atoms with van der Waals surface area (Å²) in [4.78, 5) is 0. The third kappa shape index (κ3) is 9.69. The van der Waals surface area contributed by atoms with E-state index in [4.69, 9.17) is 9.53 Å². The second kappa shape index (κ2) is 8.72. The third-order valence-electron chi connectivity index (χ3n) is 4.39. The maximum atomic E-state index is 8.91. The van der Waals surface area contributed by atoms with Gasteiger partial charge in [-0.1, -0.05) is 58.2 Å². The highest BCUT2D eigenvalue weighted by Gasteiger charge is 2.39. The van der Waals surface area contributed by atoms with E-state index < -0.39 is 16.4 Å². The van der Waals surface area contributed by atoms with Gasteiger partial charge in [0.05, 0.1) is 0 Å². The average Bonchev–Trinajstić information content (AvgIpc) is 2.37. The molecule has 4 heteroatoms. The SMILES string of the molecule is CC(C)(C#CCO)CCC(C#C[Si](C)(C)C)O[Si](C)(C)C(C)(C)C. The minimum absolute atomic E-state index is 0.0205. The minimum atomic E-state index is -1.85. The van der Waals surface area contributed by atoms with E-state index in [9.17, 15) is 0 Å².